The highest BCUT2D eigenvalue weighted by atomic mass is 19.4. The minimum atomic E-state index is -4.97. The quantitative estimate of drug-likeness (QED) is 0.240. The van der Waals surface area contributed by atoms with E-state index in [0.717, 1.165) is 66.7 Å². The third kappa shape index (κ3) is 7.04. The van der Waals surface area contributed by atoms with Crippen LogP contribution in [-0.2, 0) is 25.9 Å². The van der Waals surface area contributed by atoms with Gasteiger partial charge < -0.3 is 9.80 Å². The van der Waals surface area contributed by atoms with Gasteiger partial charge in [-0.25, -0.2) is 9.89 Å². The SMILES string of the molecule is Cc1cc(C)c2c(c1)[C@@H](N(Cc1cc(C(F)(F)F)cc(C(F)(F)F)c1)c1nnn(C)n1)CCCN2CC1CCC(n2nn[nH]c2=O)CC1. The van der Waals surface area contributed by atoms with Crippen molar-refractivity contribution >= 4 is 11.6 Å². The lowest BCUT2D eigenvalue weighted by Crippen LogP contribution is -2.35. The zero-order chi connectivity index (χ0) is 34.4. The topological polar surface area (TPSA) is 114 Å². The molecule has 0 radical (unpaired) electrons. The molecule has 1 N–H and O–H groups in total. The summed E-state index contributed by atoms with van der Waals surface area (Å²) in [5.41, 5.74) is 0.657. The Morgan fingerprint density at radius 2 is 1.60 bits per heavy atom. The number of benzene rings is 2. The largest absolute Gasteiger partial charge is 0.416 e. The van der Waals surface area contributed by atoms with Crippen molar-refractivity contribution in [2.45, 2.75) is 83.4 Å². The number of alkyl halides is 6. The number of aromatic amines is 1. The smallest absolute Gasteiger partial charge is 0.371 e. The van der Waals surface area contributed by atoms with Gasteiger partial charge in [-0.05, 0) is 109 Å². The van der Waals surface area contributed by atoms with Crippen LogP contribution in [0.15, 0.2) is 35.1 Å². The van der Waals surface area contributed by atoms with Crippen LogP contribution in [0.1, 0.15) is 84.0 Å². The summed E-state index contributed by atoms with van der Waals surface area (Å²) in [5, 5.41) is 22.3. The van der Waals surface area contributed by atoms with Gasteiger partial charge in [0.05, 0.1) is 30.3 Å². The molecule has 1 aliphatic carbocycles. The normalized spacial score (nSPS) is 20.4. The van der Waals surface area contributed by atoms with Crippen molar-refractivity contribution in [1.29, 1.82) is 0 Å². The molecule has 2 aliphatic rings. The molecule has 1 atom stereocenters. The van der Waals surface area contributed by atoms with Gasteiger partial charge in [0.2, 0.25) is 0 Å². The Balaban J connectivity index is 1.34. The van der Waals surface area contributed by atoms with Crippen LogP contribution in [0, 0.1) is 19.8 Å². The van der Waals surface area contributed by atoms with Crippen molar-refractivity contribution in [2.75, 3.05) is 22.9 Å². The molecular formula is C31H36F6N10O. The van der Waals surface area contributed by atoms with Crippen LogP contribution in [0.4, 0.5) is 38.0 Å². The van der Waals surface area contributed by atoms with Crippen LogP contribution in [0.2, 0.25) is 0 Å². The molecular weight excluding hydrogens is 642 g/mol. The highest BCUT2D eigenvalue weighted by Crippen LogP contribution is 2.43. The number of rotatable bonds is 7. The molecule has 0 bridgehead atoms. The summed E-state index contributed by atoms with van der Waals surface area (Å²) >= 11 is 0. The Hall–Kier alpha value is -4.44. The van der Waals surface area contributed by atoms with Gasteiger partial charge in [0.25, 0.3) is 5.95 Å². The van der Waals surface area contributed by atoms with Gasteiger partial charge in [-0.15, -0.1) is 5.10 Å². The maximum absolute atomic E-state index is 13.8. The Morgan fingerprint density at radius 3 is 2.19 bits per heavy atom. The van der Waals surface area contributed by atoms with Crippen LogP contribution < -0.4 is 15.5 Å². The van der Waals surface area contributed by atoms with Gasteiger partial charge in [-0.2, -0.15) is 35.8 Å². The molecule has 2 aromatic carbocycles. The summed E-state index contributed by atoms with van der Waals surface area (Å²) in [4.78, 5) is 17.3. The molecule has 0 spiro atoms. The van der Waals surface area contributed by atoms with Crippen molar-refractivity contribution in [3.8, 4) is 0 Å². The van der Waals surface area contributed by atoms with Gasteiger partial charge in [0.1, 0.15) is 0 Å². The number of tetrazole rings is 2. The molecule has 11 nitrogen and oxygen atoms in total. The summed E-state index contributed by atoms with van der Waals surface area (Å²) in [6, 6.07) is 5.29. The first kappa shape index (κ1) is 33.5. The monoisotopic (exact) mass is 678 g/mol. The lowest BCUT2D eigenvalue weighted by molar-refractivity contribution is -0.143. The number of H-pyrrole nitrogens is 1. The molecule has 3 heterocycles. The summed E-state index contributed by atoms with van der Waals surface area (Å²) in [7, 11) is 1.55. The number of nitrogens with zero attached hydrogens (tertiary/aromatic N) is 9. The van der Waals surface area contributed by atoms with E-state index < -0.39 is 29.5 Å². The van der Waals surface area contributed by atoms with E-state index in [9.17, 15) is 31.1 Å². The molecule has 1 saturated carbocycles. The average Bonchev–Trinajstić information content (AvgIpc) is 3.60. The van der Waals surface area contributed by atoms with Crippen LogP contribution in [0.3, 0.4) is 0 Å². The summed E-state index contributed by atoms with van der Waals surface area (Å²) in [6.07, 6.45) is -5.34. The van der Waals surface area contributed by atoms with E-state index in [4.69, 9.17) is 0 Å². The Bertz CT molecular complexity index is 1770. The lowest BCUT2D eigenvalue weighted by atomic mass is 9.85. The highest BCUT2D eigenvalue weighted by Gasteiger charge is 2.38. The fourth-order valence-corrected chi connectivity index (χ4v) is 7.27. The van der Waals surface area contributed by atoms with E-state index in [1.54, 1.807) is 11.9 Å². The number of anilines is 2. The second-order valence-electron chi connectivity index (χ2n) is 12.9. The van der Waals surface area contributed by atoms with Gasteiger partial charge in [-0.1, -0.05) is 22.8 Å². The first-order valence-electron chi connectivity index (χ1n) is 15.8. The van der Waals surface area contributed by atoms with Crippen LogP contribution in [0.5, 0.6) is 0 Å². The van der Waals surface area contributed by atoms with E-state index >= 15 is 0 Å². The minimum absolute atomic E-state index is 0.0144. The third-order valence-corrected chi connectivity index (χ3v) is 9.32. The molecule has 0 amide bonds. The zero-order valence-corrected chi connectivity index (χ0v) is 26.7. The molecule has 48 heavy (non-hydrogen) atoms. The van der Waals surface area contributed by atoms with E-state index in [0.29, 0.717) is 25.3 Å². The molecule has 4 aromatic rings. The van der Waals surface area contributed by atoms with Crippen molar-refractivity contribution in [2.24, 2.45) is 13.0 Å². The molecule has 258 valence electrons. The predicted molar refractivity (Wildman–Crippen MR) is 163 cm³/mol. The molecule has 1 aliphatic heterocycles. The van der Waals surface area contributed by atoms with E-state index in [1.165, 1.54) is 9.48 Å². The number of nitrogens with one attached hydrogen (secondary N) is 1. The number of hydrogen-bond acceptors (Lipinski definition) is 8. The van der Waals surface area contributed by atoms with Crippen molar-refractivity contribution < 1.29 is 26.3 Å². The standard InChI is InChI=1S/C31H36F6N10O/c1-18-11-19(2)27-25(12-18)26(5-4-10-45(27)16-20-6-8-24(9-7-20)47-29(48)39-41-43-47)46(28-38-42-44(3)40-28)17-21-13-22(30(32,33)34)15-23(14-21)31(35,36)37/h11-15,20,24,26H,4-10,16-17H2,1-3H3,(H,39,43,48)/t20?,24?,26-/m0/s1. The molecule has 0 saturated heterocycles. The minimum Gasteiger partial charge on any atom is -0.371 e. The summed E-state index contributed by atoms with van der Waals surface area (Å²) in [6.45, 7) is 5.14. The maximum atomic E-state index is 13.8. The van der Waals surface area contributed by atoms with Gasteiger partial charge in [-0.3, -0.25) is 0 Å². The van der Waals surface area contributed by atoms with E-state index in [2.05, 4.69) is 41.9 Å². The summed E-state index contributed by atoms with van der Waals surface area (Å²) in [5.74, 6) is 0.450. The Labute approximate surface area is 271 Å². The molecule has 1 fully saturated rings. The van der Waals surface area contributed by atoms with Crippen LogP contribution >= 0.6 is 0 Å². The van der Waals surface area contributed by atoms with Crippen molar-refractivity contribution in [3.63, 3.8) is 0 Å². The molecule has 17 heteroatoms. The third-order valence-electron chi connectivity index (χ3n) is 9.32. The maximum Gasteiger partial charge on any atom is 0.416 e. The average molecular weight is 679 g/mol. The van der Waals surface area contributed by atoms with Gasteiger partial charge >= 0.3 is 18.0 Å². The van der Waals surface area contributed by atoms with Crippen molar-refractivity contribution in [1.82, 2.24) is 40.4 Å². The predicted octanol–water partition coefficient (Wildman–Crippen LogP) is 5.92. The zero-order valence-electron chi connectivity index (χ0n) is 26.7. The summed E-state index contributed by atoms with van der Waals surface area (Å²) < 4.78 is 84.2. The van der Waals surface area contributed by atoms with Crippen molar-refractivity contribution in [3.05, 3.63) is 74.2 Å². The number of halogens is 6. The number of aromatic nitrogens is 8. The molecule has 2 aromatic heterocycles. The number of hydrogen-bond donors (Lipinski definition) is 1. The Morgan fingerprint density at radius 1 is 0.917 bits per heavy atom. The van der Waals surface area contributed by atoms with Gasteiger partial charge in [0, 0.05) is 25.3 Å². The first-order chi connectivity index (χ1) is 22.7. The van der Waals surface area contributed by atoms with E-state index in [1.807, 2.05) is 19.9 Å². The number of aryl methyl sites for hydroxylation is 3. The van der Waals surface area contributed by atoms with E-state index in [-0.39, 0.29) is 35.9 Å². The first-order valence-corrected chi connectivity index (χ1v) is 15.8. The highest BCUT2D eigenvalue weighted by molar-refractivity contribution is 5.64. The molecule has 6 rings (SSSR count). The van der Waals surface area contributed by atoms with Crippen LogP contribution in [-0.4, -0.2) is 53.5 Å². The van der Waals surface area contributed by atoms with Crippen LogP contribution in [0.25, 0.3) is 0 Å². The fraction of sp³-hybridized carbons (Fsp3) is 0.548. The number of fused-ring (bicyclic) bond motifs is 1. The lowest BCUT2D eigenvalue weighted by Gasteiger charge is -2.36. The molecule has 0 unspecified atom stereocenters. The fourth-order valence-electron chi connectivity index (χ4n) is 7.27. The van der Waals surface area contributed by atoms with Gasteiger partial charge in [0.15, 0.2) is 0 Å². The Kier molecular flexibility index (Phi) is 8.98. The second-order valence-corrected chi connectivity index (χ2v) is 12.9. The second kappa shape index (κ2) is 12.9.